The standard InChI is InChI=1S/C19H26N4O2/c1-3-23(4-2)17-12-25-18-10-20-15(9-14(17)18)19(24)21-16-11-22-7-5-13(16)6-8-22/h9-10,12-13,16H,3-8,11H2,1-2H3,(H,21,24)/t16-/m0/s1. The van der Waals surface area contributed by atoms with E-state index in [4.69, 9.17) is 4.42 Å². The van der Waals surface area contributed by atoms with Gasteiger partial charge in [-0.05, 0) is 51.8 Å². The van der Waals surface area contributed by atoms with Crippen LogP contribution in [0.3, 0.4) is 0 Å². The predicted molar refractivity (Wildman–Crippen MR) is 98.0 cm³/mol. The van der Waals surface area contributed by atoms with Gasteiger partial charge in [-0.2, -0.15) is 0 Å². The molecule has 0 spiro atoms. The maximum atomic E-state index is 12.7. The molecule has 3 aliphatic rings. The van der Waals surface area contributed by atoms with Crippen molar-refractivity contribution < 1.29 is 9.21 Å². The zero-order valence-corrected chi connectivity index (χ0v) is 15.0. The molecule has 0 saturated carbocycles. The molecule has 3 aliphatic heterocycles. The number of furan rings is 1. The minimum absolute atomic E-state index is 0.0765. The Morgan fingerprint density at radius 3 is 2.76 bits per heavy atom. The number of amides is 1. The van der Waals surface area contributed by atoms with Gasteiger partial charge >= 0.3 is 0 Å². The molecule has 1 N–H and O–H groups in total. The van der Waals surface area contributed by atoms with E-state index < -0.39 is 0 Å². The molecule has 2 aromatic rings. The number of rotatable bonds is 5. The number of nitrogens with zero attached hydrogens (tertiary/aromatic N) is 3. The van der Waals surface area contributed by atoms with E-state index in [1.807, 2.05) is 6.07 Å². The van der Waals surface area contributed by atoms with Gasteiger partial charge in [0.25, 0.3) is 5.91 Å². The Morgan fingerprint density at radius 2 is 2.12 bits per heavy atom. The monoisotopic (exact) mass is 342 g/mol. The van der Waals surface area contributed by atoms with Crippen molar-refractivity contribution in [1.29, 1.82) is 0 Å². The Morgan fingerprint density at radius 1 is 1.36 bits per heavy atom. The summed E-state index contributed by atoms with van der Waals surface area (Å²) >= 11 is 0. The lowest BCUT2D eigenvalue weighted by Crippen LogP contribution is -2.57. The maximum absolute atomic E-state index is 12.7. The van der Waals surface area contributed by atoms with Crippen LogP contribution in [0.4, 0.5) is 5.69 Å². The lowest BCUT2D eigenvalue weighted by Gasteiger charge is -2.44. The summed E-state index contributed by atoms with van der Waals surface area (Å²) in [4.78, 5) is 21.7. The first-order chi connectivity index (χ1) is 12.2. The van der Waals surface area contributed by atoms with Gasteiger partial charge in [-0.1, -0.05) is 0 Å². The van der Waals surface area contributed by atoms with Crippen LogP contribution in [0.2, 0.25) is 0 Å². The lowest BCUT2D eigenvalue weighted by molar-refractivity contribution is 0.0618. The van der Waals surface area contributed by atoms with Gasteiger partial charge in [0, 0.05) is 31.1 Å². The number of fused-ring (bicyclic) bond motifs is 4. The fourth-order valence-electron chi connectivity index (χ4n) is 4.22. The van der Waals surface area contributed by atoms with E-state index >= 15 is 0 Å². The van der Waals surface area contributed by atoms with Crippen LogP contribution in [0.15, 0.2) is 22.9 Å². The molecular formula is C19H26N4O2. The van der Waals surface area contributed by atoms with Crippen molar-refractivity contribution in [1.82, 2.24) is 15.2 Å². The maximum Gasteiger partial charge on any atom is 0.270 e. The van der Waals surface area contributed by atoms with Gasteiger partial charge in [0.1, 0.15) is 12.0 Å². The Hall–Kier alpha value is -2.08. The molecule has 0 radical (unpaired) electrons. The van der Waals surface area contributed by atoms with Crippen molar-refractivity contribution in [3.8, 4) is 0 Å². The zero-order chi connectivity index (χ0) is 17.4. The van der Waals surface area contributed by atoms with Crippen molar-refractivity contribution in [2.75, 3.05) is 37.6 Å². The second kappa shape index (κ2) is 6.67. The molecule has 6 heteroatoms. The first-order valence-corrected chi connectivity index (χ1v) is 9.35. The molecule has 6 nitrogen and oxygen atoms in total. The summed E-state index contributed by atoms with van der Waals surface area (Å²) in [7, 11) is 0. The van der Waals surface area contributed by atoms with E-state index in [0.29, 0.717) is 11.6 Å². The van der Waals surface area contributed by atoms with Crippen LogP contribution in [0.5, 0.6) is 0 Å². The number of hydrogen-bond donors (Lipinski definition) is 1. The molecule has 0 unspecified atom stereocenters. The number of anilines is 1. The van der Waals surface area contributed by atoms with Gasteiger partial charge < -0.3 is 19.5 Å². The molecule has 0 aromatic carbocycles. The van der Waals surface area contributed by atoms with Crippen molar-refractivity contribution in [3.05, 3.63) is 24.2 Å². The third kappa shape index (κ3) is 2.99. The van der Waals surface area contributed by atoms with Crippen LogP contribution in [-0.4, -0.2) is 54.6 Å². The highest BCUT2D eigenvalue weighted by molar-refractivity contribution is 5.99. The van der Waals surface area contributed by atoms with Gasteiger partial charge in [-0.25, -0.2) is 4.98 Å². The zero-order valence-electron chi connectivity index (χ0n) is 15.0. The van der Waals surface area contributed by atoms with Gasteiger partial charge in [0.2, 0.25) is 0 Å². The van der Waals surface area contributed by atoms with E-state index in [1.54, 1.807) is 12.5 Å². The van der Waals surface area contributed by atoms with Crippen LogP contribution >= 0.6 is 0 Å². The van der Waals surface area contributed by atoms with Crippen molar-refractivity contribution >= 4 is 22.6 Å². The molecule has 25 heavy (non-hydrogen) atoms. The minimum atomic E-state index is -0.0765. The van der Waals surface area contributed by atoms with E-state index in [0.717, 1.165) is 36.3 Å². The Balaban J connectivity index is 1.56. The summed E-state index contributed by atoms with van der Waals surface area (Å²) in [6.07, 6.45) is 5.79. The van der Waals surface area contributed by atoms with Crippen LogP contribution < -0.4 is 10.2 Å². The molecular weight excluding hydrogens is 316 g/mol. The average Bonchev–Trinajstić information content (AvgIpc) is 3.07. The SMILES string of the molecule is CCN(CC)c1coc2cnc(C(=O)N[C@H]3CN4CCC3CC4)cc12. The molecule has 3 fully saturated rings. The molecule has 134 valence electrons. The third-order valence-corrected chi connectivity index (χ3v) is 5.75. The van der Waals surface area contributed by atoms with Crippen molar-refractivity contribution in [2.45, 2.75) is 32.7 Å². The normalized spacial score (nSPS) is 25.3. The number of piperidine rings is 3. The average molecular weight is 342 g/mol. The van der Waals surface area contributed by atoms with Crippen molar-refractivity contribution in [3.63, 3.8) is 0 Å². The van der Waals surface area contributed by atoms with Crippen LogP contribution in [0.1, 0.15) is 37.2 Å². The van der Waals surface area contributed by atoms with Gasteiger partial charge in [0.05, 0.1) is 11.9 Å². The molecule has 1 atom stereocenters. The smallest absolute Gasteiger partial charge is 0.270 e. The summed E-state index contributed by atoms with van der Waals surface area (Å²) in [6, 6.07) is 2.11. The number of pyridine rings is 1. The van der Waals surface area contributed by atoms with Crippen LogP contribution in [-0.2, 0) is 0 Å². The summed E-state index contributed by atoms with van der Waals surface area (Å²) in [5.41, 5.74) is 2.22. The molecule has 5 rings (SSSR count). The van der Waals surface area contributed by atoms with Gasteiger partial charge in [-0.15, -0.1) is 0 Å². The summed E-state index contributed by atoms with van der Waals surface area (Å²) < 4.78 is 5.62. The topological polar surface area (TPSA) is 61.6 Å². The highest BCUT2D eigenvalue weighted by Crippen LogP contribution is 2.30. The Labute approximate surface area is 148 Å². The first kappa shape index (κ1) is 16.4. The van der Waals surface area contributed by atoms with Gasteiger partial charge in [-0.3, -0.25) is 4.79 Å². The second-order valence-electron chi connectivity index (χ2n) is 7.08. The summed E-state index contributed by atoms with van der Waals surface area (Å²) in [5.74, 6) is 0.533. The second-order valence-corrected chi connectivity index (χ2v) is 7.08. The number of carbonyl (C=O) groups is 1. The quantitative estimate of drug-likeness (QED) is 0.905. The summed E-state index contributed by atoms with van der Waals surface area (Å²) in [5, 5.41) is 4.17. The predicted octanol–water partition coefficient (Wildman–Crippen LogP) is 2.50. The lowest BCUT2D eigenvalue weighted by atomic mass is 9.84. The minimum Gasteiger partial charge on any atom is -0.460 e. The highest BCUT2D eigenvalue weighted by atomic mass is 16.3. The first-order valence-electron chi connectivity index (χ1n) is 9.35. The molecule has 2 bridgehead atoms. The molecule has 5 heterocycles. The van der Waals surface area contributed by atoms with E-state index in [-0.39, 0.29) is 11.9 Å². The Kier molecular flexibility index (Phi) is 4.37. The van der Waals surface area contributed by atoms with Crippen molar-refractivity contribution in [2.24, 2.45) is 5.92 Å². The van der Waals surface area contributed by atoms with Crippen LogP contribution in [0.25, 0.3) is 11.0 Å². The number of aromatic nitrogens is 1. The van der Waals surface area contributed by atoms with E-state index in [9.17, 15) is 4.79 Å². The molecule has 1 amide bonds. The third-order valence-electron chi connectivity index (χ3n) is 5.75. The number of carbonyl (C=O) groups excluding carboxylic acids is 1. The fraction of sp³-hybridized carbons (Fsp3) is 0.579. The fourth-order valence-corrected chi connectivity index (χ4v) is 4.22. The molecule has 3 saturated heterocycles. The van der Waals surface area contributed by atoms with E-state index in [1.165, 1.54) is 25.9 Å². The number of hydrogen-bond acceptors (Lipinski definition) is 5. The van der Waals surface area contributed by atoms with Gasteiger partial charge in [0.15, 0.2) is 5.58 Å². The highest BCUT2D eigenvalue weighted by Gasteiger charge is 2.35. The molecule has 2 aromatic heterocycles. The largest absolute Gasteiger partial charge is 0.460 e. The van der Waals surface area contributed by atoms with E-state index in [2.05, 4.69) is 33.9 Å². The van der Waals surface area contributed by atoms with Crippen LogP contribution in [0, 0.1) is 5.92 Å². The Bertz CT molecular complexity index is 760. The number of nitrogens with one attached hydrogen (secondary N) is 1. The summed E-state index contributed by atoms with van der Waals surface area (Å²) in [6.45, 7) is 9.33. The molecule has 0 aliphatic carbocycles.